The first kappa shape index (κ1) is 21.4. The first-order chi connectivity index (χ1) is 15.3. The van der Waals surface area contributed by atoms with Gasteiger partial charge in [-0.2, -0.15) is 0 Å². The van der Waals surface area contributed by atoms with E-state index >= 15 is 0 Å². The Bertz CT molecular complexity index is 1180. The number of fused-ring (bicyclic) bond motifs is 3. The van der Waals surface area contributed by atoms with Crippen molar-refractivity contribution in [1.82, 2.24) is 20.1 Å². The summed E-state index contributed by atoms with van der Waals surface area (Å²) < 4.78 is 6.99. The maximum Gasteiger partial charge on any atom is 0.271 e. The minimum Gasteiger partial charge on any atom is -0.497 e. The molecular weight excluding hydrogens is 408 g/mol. The zero-order chi connectivity index (χ0) is 22.9. The van der Waals surface area contributed by atoms with E-state index in [1.807, 2.05) is 59.2 Å². The molecule has 4 rings (SSSR count). The number of ether oxygens (including phenoxy) is 1. The average molecular weight is 434 g/mol. The predicted octanol–water partition coefficient (Wildman–Crippen LogP) is 1.93. The molecule has 0 bridgehead atoms. The second-order valence-electron chi connectivity index (χ2n) is 8.12. The van der Waals surface area contributed by atoms with E-state index in [9.17, 15) is 14.4 Å². The van der Waals surface area contributed by atoms with Crippen LogP contribution in [-0.4, -0.2) is 53.4 Å². The molecule has 3 aromatic rings. The van der Waals surface area contributed by atoms with Crippen LogP contribution in [0.5, 0.6) is 5.75 Å². The lowest BCUT2D eigenvalue weighted by Crippen LogP contribution is -2.63. The summed E-state index contributed by atoms with van der Waals surface area (Å²) in [5, 5.41) is 6.42. The van der Waals surface area contributed by atoms with Crippen LogP contribution in [0.15, 0.2) is 54.6 Å². The number of carbonyl (C=O) groups excluding carboxylic acids is 3. The van der Waals surface area contributed by atoms with Gasteiger partial charge in [0.1, 0.15) is 17.0 Å². The van der Waals surface area contributed by atoms with Gasteiger partial charge < -0.3 is 24.8 Å². The standard InChI is InChI=1S/C24H26N4O4/c1-24(15-28-19-7-5-4-6-17(19)12-20(28)22(30)27(24)2)23(31)26-14-21(29)25-13-16-8-10-18(32-3)11-9-16/h4-12H,13-15H2,1-3H3,(H,25,29)(H,26,31). The smallest absolute Gasteiger partial charge is 0.271 e. The summed E-state index contributed by atoms with van der Waals surface area (Å²) in [6.07, 6.45) is 0. The highest BCUT2D eigenvalue weighted by molar-refractivity contribution is 6.03. The lowest BCUT2D eigenvalue weighted by atomic mass is 9.95. The monoisotopic (exact) mass is 434 g/mol. The molecule has 3 amide bonds. The molecule has 1 aliphatic rings. The van der Waals surface area contributed by atoms with Gasteiger partial charge in [0.05, 0.1) is 20.2 Å². The summed E-state index contributed by atoms with van der Waals surface area (Å²) in [7, 11) is 3.21. The molecule has 1 aromatic heterocycles. The average Bonchev–Trinajstić information content (AvgIpc) is 3.18. The van der Waals surface area contributed by atoms with Crippen molar-refractivity contribution < 1.29 is 19.1 Å². The molecule has 166 valence electrons. The molecule has 2 aromatic carbocycles. The summed E-state index contributed by atoms with van der Waals surface area (Å²) in [5.74, 6) is -0.176. The number of nitrogens with one attached hydrogen (secondary N) is 2. The van der Waals surface area contributed by atoms with E-state index in [0.29, 0.717) is 18.8 Å². The molecule has 32 heavy (non-hydrogen) atoms. The molecule has 0 saturated carbocycles. The van der Waals surface area contributed by atoms with Gasteiger partial charge in [-0.15, -0.1) is 0 Å². The van der Waals surface area contributed by atoms with Gasteiger partial charge in [-0.05, 0) is 36.8 Å². The largest absolute Gasteiger partial charge is 0.497 e. The molecule has 2 heterocycles. The molecule has 0 radical (unpaired) electrons. The Balaban J connectivity index is 1.41. The number of benzene rings is 2. The quantitative estimate of drug-likeness (QED) is 0.620. The maximum absolute atomic E-state index is 13.1. The van der Waals surface area contributed by atoms with Crippen LogP contribution in [0.4, 0.5) is 0 Å². The lowest BCUT2D eigenvalue weighted by molar-refractivity contribution is -0.134. The van der Waals surface area contributed by atoms with Crippen LogP contribution < -0.4 is 15.4 Å². The minimum atomic E-state index is -1.12. The lowest BCUT2D eigenvalue weighted by Gasteiger charge is -2.41. The summed E-state index contributed by atoms with van der Waals surface area (Å²) in [6, 6.07) is 16.9. The van der Waals surface area contributed by atoms with Gasteiger partial charge >= 0.3 is 0 Å². The Morgan fingerprint density at radius 1 is 1.09 bits per heavy atom. The molecule has 1 unspecified atom stereocenters. The zero-order valence-electron chi connectivity index (χ0n) is 18.3. The van der Waals surface area contributed by atoms with Gasteiger partial charge in [0.15, 0.2) is 0 Å². The number of hydrogen-bond donors (Lipinski definition) is 2. The Hall–Kier alpha value is -3.81. The first-order valence-electron chi connectivity index (χ1n) is 10.4. The third-order valence-electron chi connectivity index (χ3n) is 6.09. The number of hydrogen-bond acceptors (Lipinski definition) is 4. The van der Waals surface area contributed by atoms with Crippen molar-refractivity contribution in [2.75, 3.05) is 20.7 Å². The maximum atomic E-state index is 13.1. The Labute approximate surface area is 186 Å². The highest BCUT2D eigenvalue weighted by atomic mass is 16.5. The topological polar surface area (TPSA) is 92.7 Å². The molecular formula is C24H26N4O4. The summed E-state index contributed by atoms with van der Waals surface area (Å²) >= 11 is 0. The summed E-state index contributed by atoms with van der Waals surface area (Å²) in [5.41, 5.74) is 1.25. The number of nitrogens with zero attached hydrogens (tertiary/aromatic N) is 2. The van der Waals surface area contributed by atoms with Gasteiger partial charge in [-0.1, -0.05) is 30.3 Å². The number of para-hydroxylation sites is 1. The van der Waals surface area contributed by atoms with Crippen molar-refractivity contribution in [2.24, 2.45) is 0 Å². The predicted molar refractivity (Wildman–Crippen MR) is 120 cm³/mol. The van der Waals surface area contributed by atoms with Gasteiger partial charge in [0, 0.05) is 24.5 Å². The fraction of sp³-hybridized carbons (Fsp3) is 0.292. The van der Waals surface area contributed by atoms with Gasteiger partial charge in [-0.25, -0.2) is 0 Å². The van der Waals surface area contributed by atoms with Crippen LogP contribution in [0.3, 0.4) is 0 Å². The number of carbonyl (C=O) groups is 3. The van der Waals surface area contributed by atoms with Gasteiger partial charge in [0.2, 0.25) is 11.8 Å². The Kier molecular flexibility index (Phi) is 5.61. The first-order valence-corrected chi connectivity index (χ1v) is 10.4. The van der Waals surface area contributed by atoms with Crippen molar-refractivity contribution in [3.8, 4) is 5.75 Å². The molecule has 0 aliphatic carbocycles. The highest BCUT2D eigenvalue weighted by Crippen LogP contribution is 2.31. The van der Waals surface area contributed by atoms with Crippen molar-refractivity contribution in [1.29, 1.82) is 0 Å². The number of aromatic nitrogens is 1. The van der Waals surface area contributed by atoms with Gasteiger partial charge in [-0.3, -0.25) is 14.4 Å². The minimum absolute atomic E-state index is 0.175. The van der Waals surface area contributed by atoms with E-state index in [0.717, 1.165) is 22.2 Å². The number of rotatable bonds is 6. The zero-order valence-corrected chi connectivity index (χ0v) is 18.3. The van der Waals surface area contributed by atoms with Crippen LogP contribution in [0, 0.1) is 0 Å². The van der Waals surface area contributed by atoms with E-state index in [1.165, 1.54) is 4.90 Å². The Morgan fingerprint density at radius 2 is 1.81 bits per heavy atom. The molecule has 0 fully saturated rings. The van der Waals surface area contributed by atoms with E-state index < -0.39 is 5.54 Å². The van der Waals surface area contributed by atoms with E-state index in [4.69, 9.17) is 4.74 Å². The summed E-state index contributed by atoms with van der Waals surface area (Å²) in [4.78, 5) is 39.8. The molecule has 0 spiro atoms. The van der Waals surface area contributed by atoms with Crippen LogP contribution in [-0.2, 0) is 22.7 Å². The van der Waals surface area contributed by atoms with Crippen molar-refractivity contribution in [3.63, 3.8) is 0 Å². The molecule has 2 N–H and O–H groups in total. The van der Waals surface area contributed by atoms with Crippen molar-refractivity contribution in [2.45, 2.75) is 25.6 Å². The van der Waals surface area contributed by atoms with Crippen LogP contribution in [0.25, 0.3) is 10.9 Å². The third-order valence-corrected chi connectivity index (χ3v) is 6.09. The fourth-order valence-electron chi connectivity index (χ4n) is 3.95. The van der Waals surface area contributed by atoms with E-state index in [-0.39, 0.29) is 24.3 Å². The molecule has 8 heteroatoms. The molecule has 1 aliphatic heterocycles. The van der Waals surface area contributed by atoms with Crippen LogP contribution >= 0.6 is 0 Å². The highest BCUT2D eigenvalue weighted by Gasteiger charge is 2.45. The van der Waals surface area contributed by atoms with Crippen LogP contribution in [0.1, 0.15) is 23.0 Å². The second kappa shape index (κ2) is 8.37. The number of amides is 3. The SMILES string of the molecule is COc1ccc(CNC(=O)CNC(=O)C2(C)Cn3c(cc4ccccc43)C(=O)N2C)cc1. The number of likely N-dealkylation sites (N-methyl/N-ethyl adjacent to an activating group) is 1. The normalized spacial score (nSPS) is 17.7. The number of methoxy groups -OCH3 is 1. The van der Waals surface area contributed by atoms with Crippen molar-refractivity contribution in [3.05, 3.63) is 65.9 Å². The molecule has 1 atom stereocenters. The van der Waals surface area contributed by atoms with E-state index in [2.05, 4.69) is 10.6 Å². The summed E-state index contributed by atoms with van der Waals surface area (Å²) in [6.45, 7) is 2.18. The molecule has 0 saturated heterocycles. The Morgan fingerprint density at radius 3 is 2.53 bits per heavy atom. The fourth-order valence-corrected chi connectivity index (χ4v) is 3.95. The third kappa shape index (κ3) is 3.79. The van der Waals surface area contributed by atoms with Crippen molar-refractivity contribution >= 4 is 28.6 Å². The van der Waals surface area contributed by atoms with E-state index in [1.54, 1.807) is 21.1 Å². The molecule has 8 nitrogen and oxygen atoms in total. The second-order valence-corrected chi connectivity index (χ2v) is 8.12. The van der Waals surface area contributed by atoms with Crippen LogP contribution in [0.2, 0.25) is 0 Å². The van der Waals surface area contributed by atoms with Gasteiger partial charge in [0.25, 0.3) is 5.91 Å².